The van der Waals surface area contributed by atoms with E-state index in [9.17, 15) is 0 Å². The van der Waals surface area contributed by atoms with Crippen LogP contribution in [0.3, 0.4) is 0 Å². The normalized spacial score (nSPS) is 5.80. The molecule has 1 N–H and O–H groups in total. The van der Waals surface area contributed by atoms with Crippen LogP contribution in [0.1, 0.15) is 0 Å². The third-order valence-electron chi connectivity index (χ3n) is 0.192. The molecule has 0 aromatic heterocycles. The van der Waals surface area contributed by atoms with E-state index in [2.05, 4.69) is 11.2 Å². The summed E-state index contributed by atoms with van der Waals surface area (Å²) in [5.74, 6) is 0. The van der Waals surface area contributed by atoms with Crippen LogP contribution >= 0.6 is 0 Å². The van der Waals surface area contributed by atoms with Gasteiger partial charge in [0.1, 0.15) is 0 Å². The van der Waals surface area contributed by atoms with Gasteiger partial charge in [-0.05, 0) is 0 Å². The van der Waals surface area contributed by atoms with Crippen LogP contribution < -0.4 is 0 Å². The van der Waals surface area contributed by atoms with Gasteiger partial charge in [0.2, 0.25) is 0 Å². The quantitative estimate of drug-likeness (QED) is 0.348. The summed E-state index contributed by atoms with van der Waals surface area (Å²) < 4.78 is 4.15. The van der Waals surface area contributed by atoms with E-state index in [1.807, 2.05) is 0 Å². The first kappa shape index (κ1) is 4.56. The molecule has 0 heterocycles. The zero-order valence-corrected chi connectivity index (χ0v) is 2.85. The topological polar surface area (TPSA) is 29.5 Å². The van der Waals surface area contributed by atoms with Gasteiger partial charge in [0.15, 0.2) is 0 Å². The highest BCUT2D eigenvalue weighted by molar-refractivity contribution is 6.16. The molecule has 3 heteroatoms. The highest BCUT2D eigenvalue weighted by atomic mass is 16.5. The molecule has 0 radical (unpaired) electrons. The van der Waals surface area contributed by atoms with E-state index in [4.69, 9.17) is 5.02 Å². The Morgan fingerprint density at radius 3 is 2.60 bits per heavy atom. The van der Waals surface area contributed by atoms with Crippen LogP contribution in [0.25, 0.3) is 0 Å². The van der Waals surface area contributed by atoms with Crippen LogP contribution in [0.5, 0.6) is 0 Å². The summed E-state index contributed by atoms with van der Waals surface area (Å²) in [6, 6.07) is 0. The van der Waals surface area contributed by atoms with Crippen molar-refractivity contribution in [2.24, 2.45) is 0 Å². The standard InChI is InChI=1S/C2H5BO2/c1-2-5-3-4/h2-4H,1H2. The molecule has 0 aliphatic heterocycles. The largest absolute Gasteiger partial charge is 0.545 e. The smallest absolute Gasteiger partial charge is 0.503 e. The van der Waals surface area contributed by atoms with E-state index in [1.165, 1.54) is 6.26 Å². The summed E-state index contributed by atoms with van der Waals surface area (Å²) >= 11 is 0. The highest BCUT2D eigenvalue weighted by Crippen LogP contribution is 1.58. The predicted octanol–water partition coefficient (Wildman–Crippen LogP) is -0.595. The Morgan fingerprint density at radius 2 is 2.60 bits per heavy atom. The first-order valence-corrected chi connectivity index (χ1v) is 1.25. The van der Waals surface area contributed by atoms with Crippen LogP contribution in [0.4, 0.5) is 0 Å². The average molecular weight is 71.9 g/mol. The summed E-state index contributed by atoms with van der Waals surface area (Å²) in [5, 5.41) is 7.77. The molecule has 0 saturated heterocycles. The van der Waals surface area contributed by atoms with Crippen LogP contribution in [0.15, 0.2) is 12.8 Å². The van der Waals surface area contributed by atoms with E-state index in [0.717, 1.165) is 0 Å². The first-order valence-electron chi connectivity index (χ1n) is 1.25. The van der Waals surface area contributed by atoms with E-state index in [-0.39, 0.29) is 7.69 Å². The van der Waals surface area contributed by atoms with Gasteiger partial charge in [0.05, 0.1) is 6.26 Å². The van der Waals surface area contributed by atoms with Gasteiger partial charge < -0.3 is 9.68 Å². The van der Waals surface area contributed by atoms with Crippen molar-refractivity contribution < 1.29 is 9.68 Å². The zero-order valence-electron chi connectivity index (χ0n) is 2.85. The van der Waals surface area contributed by atoms with Crippen molar-refractivity contribution in [2.75, 3.05) is 0 Å². The maximum atomic E-state index is 7.77. The molecule has 0 unspecified atom stereocenters. The molecule has 0 aliphatic carbocycles. The fourth-order valence-corrected chi connectivity index (χ4v) is 0.0527. The lowest BCUT2D eigenvalue weighted by Gasteiger charge is -1.81. The van der Waals surface area contributed by atoms with Gasteiger partial charge in [-0.3, -0.25) is 0 Å². The maximum Gasteiger partial charge on any atom is 0.503 e. The molecule has 0 amide bonds. The zero-order chi connectivity index (χ0) is 4.12. The molecule has 0 aromatic rings. The minimum atomic E-state index is -0.274. The maximum absolute atomic E-state index is 7.77. The Balaban J connectivity index is 2.40. The van der Waals surface area contributed by atoms with E-state index >= 15 is 0 Å². The monoisotopic (exact) mass is 72.0 g/mol. The lowest BCUT2D eigenvalue weighted by Crippen LogP contribution is -1.85. The SMILES string of the molecule is C=COBO. The second kappa shape index (κ2) is 3.56. The lowest BCUT2D eigenvalue weighted by atomic mass is 10.4. The number of hydrogen-bond acceptors (Lipinski definition) is 2. The molecule has 0 atom stereocenters. The average Bonchev–Trinajstić information content (AvgIpc) is 1.41. The van der Waals surface area contributed by atoms with E-state index in [0.29, 0.717) is 0 Å². The Bertz CT molecular complexity index is 28.8. The molecule has 0 aromatic carbocycles. The molecule has 2 nitrogen and oxygen atoms in total. The van der Waals surface area contributed by atoms with E-state index in [1.54, 1.807) is 0 Å². The van der Waals surface area contributed by atoms with Gasteiger partial charge in [-0.15, -0.1) is 0 Å². The third kappa shape index (κ3) is 3.56. The van der Waals surface area contributed by atoms with Crippen molar-refractivity contribution in [3.05, 3.63) is 12.8 Å². The Kier molecular flexibility index (Phi) is 3.25. The second-order valence-corrected chi connectivity index (χ2v) is 0.462. The Morgan fingerprint density at radius 1 is 2.00 bits per heavy atom. The summed E-state index contributed by atoms with van der Waals surface area (Å²) in [5.41, 5.74) is 0. The van der Waals surface area contributed by atoms with Crippen LogP contribution in [-0.4, -0.2) is 12.7 Å². The Labute approximate surface area is 31.4 Å². The van der Waals surface area contributed by atoms with Crippen LogP contribution in [0, 0.1) is 0 Å². The minimum absolute atomic E-state index is 0.274. The van der Waals surface area contributed by atoms with Crippen LogP contribution in [-0.2, 0) is 4.65 Å². The molecule has 28 valence electrons. The lowest BCUT2D eigenvalue weighted by molar-refractivity contribution is 0.407. The van der Waals surface area contributed by atoms with E-state index < -0.39 is 0 Å². The van der Waals surface area contributed by atoms with Gasteiger partial charge in [-0.1, -0.05) is 6.58 Å². The Hall–Kier alpha value is -0.435. The summed E-state index contributed by atoms with van der Waals surface area (Å²) in [4.78, 5) is 0. The fraction of sp³-hybridized carbons (Fsp3) is 0. The molecule has 5 heavy (non-hydrogen) atoms. The van der Waals surface area contributed by atoms with Gasteiger partial charge in [0, 0.05) is 0 Å². The summed E-state index contributed by atoms with van der Waals surface area (Å²) in [6.45, 7) is 3.17. The van der Waals surface area contributed by atoms with Crippen molar-refractivity contribution in [3.63, 3.8) is 0 Å². The second-order valence-electron chi connectivity index (χ2n) is 0.462. The molecule has 0 fully saturated rings. The van der Waals surface area contributed by atoms with Crippen molar-refractivity contribution in [1.29, 1.82) is 0 Å². The first-order chi connectivity index (χ1) is 2.41. The molecular formula is C2H5BO2. The van der Waals surface area contributed by atoms with Crippen LogP contribution in [0.2, 0.25) is 0 Å². The van der Waals surface area contributed by atoms with Crippen molar-refractivity contribution in [3.8, 4) is 0 Å². The van der Waals surface area contributed by atoms with Gasteiger partial charge in [-0.2, -0.15) is 0 Å². The van der Waals surface area contributed by atoms with Gasteiger partial charge >= 0.3 is 7.69 Å². The molecule has 0 rings (SSSR count). The third-order valence-corrected chi connectivity index (χ3v) is 0.192. The minimum Gasteiger partial charge on any atom is -0.545 e. The molecule has 0 saturated carbocycles. The molecule has 0 bridgehead atoms. The highest BCUT2D eigenvalue weighted by Gasteiger charge is 1.67. The van der Waals surface area contributed by atoms with Crippen molar-refractivity contribution in [1.82, 2.24) is 0 Å². The number of hydrogen-bond donors (Lipinski definition) is 1. The van der Waals surface area contributed by atoms with Gasteiger partial charge in [0.25, 0.3) is 0 Å². The fourth-order valence-electron chi connectivity index (χ4n) is 0.0527. The molecule has 0 spiro atoms. The van der Waals surface area contributed by atoms with Crippen molar-refractivity contribution in [2.45, 2.75) is 0 Å². The molecule has 0 aliphatic rings. The summed E-state index contributed by atoms with van der Waals surface area (Å²) in [6.07, 6.45) is 1.18. The van der Waals surface area contributed by atoms with Gasteiger partial charge in [-0.25, -0.2) is 0 Å². The number of rotatable bonds is 2. The van der Waals surface area contributed by atoms with Crippen molar-refractivity contribution >= 4 is 7.69 Å². The summed E-state index contributed by atoms with van der Waals surface area (Å²) in [7, 11) is -0.274. The molecular weight excluding hydrogens is 66.8 g/mol. The predicted molar refractivity (Wildman–Crippen MR) is 20.6 cm³/mol.